The molecule has 1 aliphatic rings. The van der Waals surface area contributed by atoms with Gasteiger partial charge in [0.05, 0.1) is 5.69 Å². The first-order valence-corrected chi connectivity index (χ1v) is 7.59. The van der Waals surface area contributed by atoms with Crippen molar-refractivity contribution in [1.82, 2.24) is 9.78 Å². The Labute approximate surface area is 124 Å². The number of rotatable bonds is 4. The summed E-state index contributed by atoms with van der Waals surface area (Å²) in [6.07, 6.45) is 6.02. The lowest BCUT2D eigenvalue weighted by atomic mass is 9.86. The minimum atomic E-state index is -0.838. The Balaban J connectivity index is 1.96. The van der Waals surface area contributed by atoms with E-state index >= 15 is 0 Å². The fourth-order valence-corrected chi connectivity index (χ4v) is 3.16. The predicted octanol–water partition coefficient (Wildman–Crippen LogP) is 3.68. The van der Waals surface area contributed by atoms with E-state index in [1.54, 1.807) is 4.68 Å². The zero-order valence-corrected chi connectivity index (χ0v) is 12.0. The summed E-state index contributed by atoms with van der Waals surface area (Å²) < 4.78 is 1.68. The average molecular weight is 284 g/mol. The van der Waals surface area contributed by atoms with Gasteiger partial charge in [0.15, 0.2) is 0 Å². The first kappa shape index (κ1) is 13.9. The molecule has 1 aromatic carbocycles. The second-order valence-electron chi connectivity index (χ2n) is 5.71. The molecular formula is C17H20N2O2. The van der Waals surface area contributed by atoms with Crippen LogP contribution in [0.5, 0.6) is 0 Å². The molecule has 1 aliphatic carbocycles. The summed E-state index contributed by atoms with van der Waals surface area (Å²) in [4.78, 5) is 11.1. The lowest BCUT2D eigenvalue weighted by molar-refractivity contribution is -0.137. The van der Waals surface area contributed by atoms with Gasteiger partial charge < -0.3 is 5.11 Å². The summed E-state index contributed by atoms with van der Waals surface area (Å²) >= 11 is 0. The van der Waals surface area contributed by atoms with Crippen molar-refractivity contribution in [3.8, 4) is 11.3 Å². The SMILES string of the molecule is O=C(O)Cn1nc(-c2ccccc2)cc1C1CCCCC1. The van der Waals surface area contributed by atoms with Crippen molar-refractivity contribution in [3.05, 3.63) is 42.1 Å². The van der Waals surface area contributed by atoms with Crippen LogP contribution in [0.2, 0.25) is 0 Å². The van der Waals surface area contributed by atoms with Crippen molar-refractivity contribution in [2.45, 2.75) is 44.6 Å². The molecule has 1 N–H and O–H groups in total. The number of aromatic nitrogens is 2. The van der Waals surface area contributed by atoms with Crippen LogP contribution in [0.15, 0.2) is 36.4 Å². The number of hydrogen-bond acceptors (Lipinski definition) is 2. The lowest BCUT2D eigenvalue weighted by Crippen LogP contribution is -2.16. The number of carboxylic acid groups (broad SMARTS) is 1. The van der Waals surface area contributed by atoms with Crippen LogP contribution in [0.25, 0.3) is 11.3 Å². The first-order valence-electron chi connectivity index (χ1n) is 7.59. The van der Waals surface area contributed by atoms with Crippen molar-refractivity contribution in [2.24, 2.45) is 0 Å². The molecule has 110 valence electrons. The molecule has 0 aliphatic heterocycles. The molecule has 3 rings (SSSR count). The van der Waals surface area contributed by atoms with Crippen LogP contribution in [0.3, 0.4) is 0 Å². The Morgan fingerprint density at radius 1 is 1.19 bits per heavy atom. The molecule has 1 aromatic heterocycles. The molecule has 0 radical (unpaired) electrons. The number of carboxylic acids is 1. The topological polar surface area (TPSA) is 55.1 Å². The zero-order valence-electron chi connectivity index (χ0n) is 12.0. The van der Waals surface area contributed by atoms with Crippen LogP contribution in [0.1, 0.15) is 43.7 Å². The molecule has 1 saturated carbocycles. The van der Waals surface area contributed by atoms with Crippen LogP contribution in [0, 0.1) is 0 Å². The van der Waals surface area contributed by atoms with E-state index in [1.807, 2.05) is 30.3 Å². The third-order valence-electron chi connectivity index (χ3n) is 4.19. The lowest BCUT2D eigenvalue weighted by Gasteiger charge is -2.22. The van der Waals surface area contributed by atoms with E-state index in [1.165, 1.54) is 19.3 Å². The minimum Gasteiger partial charge on any atom is -0.480 e. The van der Waals surface area contributed by atoms with E-state index in [2.05, 4.69) is 11.2 Å². The Hall–Kier alpha value is -2.10. The Bertz CT molecular complexity index is 613. The highest BCUT2D eigenvalue weighted by Gasteiger charge is 2.22. The third-order valence-corrected chi connectivity index (χ3v) is 4.19. The Morgan fingerprint density at radius 3 is 2.57 bits per heavy atom. The summed E-state index contributed by atoms with van der Waals surface area (Å²) in [5, 5.41) is 13.6. The van der Waals surface area contributed by atoms with Crippen LogP contribution in [-0.4, -0.2) is 20.9 Å². The van der Waals surface area contributed by atoms with Crippen molar-refractivity contribution < 1.29 is 9.90 Å². The number of nitrogens with zero attached hydrogens (tertiary/aromatic N) is 2. The van der Waals surface area contributed by atoms with E-state index in [-0.39, 0.29) is 6.54 Å². The summed E-state index contributed by atoms with van der Waals surface area (Å²) in [5.41, 5.74) is 2.99. The van der Waals surface area contributed by atoms with Crippen LogP contribution < -0.4 is 0 Å². The highest BCUT2D eigenvalue weighted by molar-refractivity contribution is 5.67. The van der Waals surface area contributed by atoms with Gasteiger partial charge in [-0.2, -0.15) is 5.10 Å². The van der Waals surface area contributed by atoms with Gasteiger partial charge in [-0.3, -0.25) is 9.48 Å². The normalized spacial score (nSPS) is 16.0. The summed E-state index contributed by atoms with van der Waals surface area (Å²) in [6.45, 7) is -0.0569. The van der Waals surface area contributed by atoms with E-state index in [0.717, 1.165) is 29.8 Å². The van der Waals surface area contributed by atoms with Gasteiger partial charge in [-0.15, -0.1) is 0 Å². The van der Waals surface area contributed by atoms with Crippen molar-refractivity contribution in [2.75, 3.05) is 0 Å². The summed E-state index contributed by atoms with van der Waals surface area (Å²) in [7, 11) is 0. The molecule has 0 atom stereocenters. The van der Waals surface area contributed by atoms with Gasteiger partial charge >= 0.3 is 5.97 Å². The zero-order chi connectivity index (χ0) is 14.7. The summed E-state index contributed by atoms with van der Waals surface area (Å²) in [5.74, 6) is -0.391. The van der Waals surface area contributed by atoms with Crippen molar-refractivity contribution in [1.29, 1.82) is 0 Å². The molecule has 4 heteroatoms. The number of benzene rings is 1. The van der Waals surface area contributed by atoms with E-state index in [0.29, 0.717) is 5.92 Å². The molecule has 1 fully saturated rings. The molecule has 0 amide bonds. The molecule has 0 saturated heterocycles. The Morgan fingerprint density at radius 2 is 1.90 bits per heavy atom. The standard InChI is InChI=1S/C17H20N2O2/c20-17(21)12-19-16(14-9-5-2-6-10-14)11-15(18-19)13-7-3-1-4-8-13/h1,3-4,7-8,11,14H,2,5-6,9-10,12H2,(H,20,21). The van der Waals surface area contributed by atoms with Gasteiger partial charge in [0.1, 0.15) is 6.54 Å². The quantitative estimate of drug-likeness (QED) is 0.931. The maximum Gasteiger partial charge on any atom is 0.325 e. The van der Waals surface area contributed by atoms with Gasteiger partial charge in [-0.1, -0.05) is 49.6 Å². The fourth-order valence-electron chi connectivity index (χ4n) is 3.16. The highest BCUT2D eigenvalue weighted by atomic mass is 16.4. The van der Waals surface area contributed by atoms with Crippen LogP contribution in [-0.2, 0) is 11.3 Å². The van der Waals surface area contributed by atoms with Crippen molar-refractivity contribution >= 4 is 5.97 Å². The molecule has 21 heavy (non-hydrogen) atoms. The molecule has 0 bridgehead atoms. The molecule has 1 heterocycles. The van der Waals surface area contributed by atoms with E-state index < -0.39 is 5.97 Å². The minimum absolute atomic E-state index is 0.0569. The van der Waals surface area contributed by atoms with Crippen LogP contribution in [0.4, 0.5) is 0 Å². The molecule has 0 unspecified atom stereocenters. The smallest absolute Gasteiger partial charge is 0.325 e. The molecule has 4 nitrogen and oxygen atoms in total. The largest absolute Gasteiger partial charge is 0.480 e. The number of hydrogen-bond donors (Lipinski definition) is 1. The molecule has 2 aromatic rings. The van der Waals surface area contributed by atoms with Gasteiger partial charge in [0.2, 0.25) is 0 Å². The van der Waals surface area contributed by atoms with Gasteiger partial charge in [0.25, 0.3) is 0 Å². The number of carbonyl (C=O) groups is 1. The summed E-state index contributed by atoms with van der Waals surface area (Å²) in [6, 6.07) is 12.0. The maximum atomic E-state index is 11.1. The third kappa shape index (κ3) is 3.15. The van der Waals surface area contributed by atoms with Gasteiger partial charge in [0, 0.05) is 17.2 Å². The van der Waals surface area contributed by atoms with E-state index in [4.69, 9.17) is 5.11 Å². The highest BCUT2D eigenvalue weighted by Crippen LogP contribution is 2.34. The Kier molecular flexibility index (Phi) is 4.04. The van der Waals surface area contributed by atoms with Gasteiger partial charge in [-0.05, 0) is 18.9 Å². The average Bonchev–Trinajstić information content (AvgIpc) is 2.92. The number of aliphatic carboxylic acids is 1. The second kappa shape index (κ2) is 6.12. The molecule has 0 spiro atoms. The van der Waals surface area contributed by atoms with E-state index in [9.17, 15) is 4.79 Å². The van der Waals surface area contributed by atoms with Crippen molar-refractivity contribution in [3.63, 3.8) is 0 Å². The monoisotopic (exact) mass is 284 g/mol. The first-order chi connectivity index (χ1) is 10.2. The predicted molar refractivity (Wildman–Crippen MR) is 81.1 cm³/mol. The van der Waals surface area contributed by atoms with Crippen LogP contribution >= 0.6 is 0 Å². The molecular weight excluding hydrogens is 264 g/mol. The fraction of sp³-hybridized carbons (Fsp3) is 0.412. The second-order valence-corrected chi connectivity index (χ2v) is 5.71. The maximum absolute atomic E-state index is 11.1. The van der Waals surface area contributed by atoms with Gasteiger partial charge in [-0.25, -0.2) is 0 Å².